The third-order valence-corrected chi connectivity index (χ3v) is 11.8. The SMILES string of the molecule is c1ccc(-c2nc3c(ccc4oc5cccc(-c6ccc(-c7ccc(-c8nc(-c9cccc%10nccnc9%10)nc(-c9cccc%10nccnc9%10)n8)cc7)c7ccccc67)c5c43)o2)cc1. The average molecular weight is 823 g/mol. The Kier molecular flexibility index (Phi) is 7.97. The van der Waals surface area contributed by atoms with Gasteiger partial charge < -0.3 is 8.83 Å². The first-order valence-electron chi connectivity index (χ1n) is 20.8. The van der Waals surface area contributed by atoms with Gasteiger partial charge in [-0.2, -0.15) is 0 Å². The first-order chi connectivity index (χ1) is 31.7. The summed E-state index contributed by atoms with van der Waals surface area (Å²) in [4.78, 5) is 38.6. The number of rotatable bonds is 6. The molecule has 0 amide bonds. The van der Waals surface area contributed by atoms with Crippen LogP contribution in [0.25, 0.3) is 134 Å². The fourth-order valence-electron chi connectivity index (χ4n) is 8.90. The molecule has 0 fully saturated rings. The van der Waals surface area contributed by atoms with Gasteiger partial charge in [0.05, 0.1) is 27.5 Å². The Labute approximate surface area is 363 Å². The summed E-state index contributed by atoms with van der Waals surface area (Å²) in [5, 5.41) is 4.17. The molecule has 5 aromatic heterocycles. The van der Waals surface area contributed by atoms with E-state index in [1.165, 1.54) is 0 Å². The second-order valence-electron chi connectivity index (χ2n) is 15.5. The lowest BCUT2D eigenvalue weighted by atomic mass is 9.90. The standard InChI is InChI=1S/C54H30N8O2/c1-2-9-33(10-3-1)54-59-50-45(64-54)26-25-44-47(50)46-38(13-8-18-43(46)63-44)37-24-23-34(35-11-4-5-12-36(35)37)31-19-21-32(22-20-31)51-60-52(39-14-6-16-41-48(39)57-29-27-55-41)62-53(61-51)40-15-7-17-42-49(40)58-30-28-56-42/h1-30H. The highest BCUT2D eigenvalue weighted by molar-refractivity contribution is 6.23. The molecule has 0 N–H and O–H groups in total. The van der Waals surface area contributed by atoms with Gasteiger partial charge in [-0.1, -0.05) is 103 Å². The van der Waals surface area contributed by atoms with Crippen LogP contribution in [-0.4, -0.2) is 39.9 Å². The van der Waals surface area contributed by atoms with Crippen molar-refractivity contribution in [2.45, 2.75) is 0 Å². The summed E-state index contributed by atoms with van der Waals surface area (Å²) in [6, 6.07) is 53.2. The molecule has 0 aliphatic carbocycles. The van der Waals surface area contributed by atoms with E-state index in [-0.39, 0.29) is 0 Å². The predicted octanol–water partition coefficient (Wildman–Crippen LogP) is 13.0. The van der Waals surface area contributed by atoms with Gasteiger partial charge >= 0.3 is 0 Å². The lowest BCUT2D eigenvalue weighted by Gasteiger charge is -2.14. The lowest BCUT2D eigenvalue weighted by molar-refractivity contribution is 0.619. The Morgan fingerprint density at radius 3 is 1.58 bits per heavy atom. The lowest BCUT2D eigenvalue weighted by Crippen LogP contribution is -2.02. The number of furan rings is 1. The Bertz CT molecular complexity index is 3870. The molecule has 13 rings (SSSR count). The topological polar surface area (TPSA) is 129 Å². The van der Waals surface area contributed by atoms with Gasteiger partial charge in [0.2, 0.25) is 5.89 Å². The van der Waals surface area contributed by atoms with E-state index >= 15 is 0 Å². The quantitative estimate of drug-likeness (QED) is 0.160. The van der Waals surface area contributed by atoms with Crippen molar-refractivity contribution in [3.05, 3.63) is 183 Å². The highest BCUT2D eigenvalue weighted by Gasteiger charge is 2.22. The molecule has 64 heavy (non-hydrogen) atoms. The summed E-state index contributed by atoms with van der Waals surface area (Å²) in [6.45, 7) is 0. The summed E-state index contributed by atoms with van der Waals surface area (Å²) in [5.74, 6) is 2.07. The van der Waals surface area contributed by atoms with E-state index in [0.717, 1.165) is 93.8 Å². The number of para-hydroxylation sites is 2. The average Bonchev–Trinajstić information content (AvgIpc) is 3.98. The first-order valence-corrected chi connectivity index (χ1v) is 20.8. The number of aromatic nitrogens is 8. The van der Waals surface area contributed by atoms with Crippen molar-refractivity contribution >= 4 is 65.9 Å². The van der Waals surface area contributed by atoms with Gasteiger partial charge in [-0.15, -0.1) is 0 Å². The van der Waals surface area contributed by atoms with Crippen LogP contribution < -0.4 is 0 Å². The number of hydrogen-bond acceptors (Lipinski definition) is 10. The van der Waals surface area contributed by atoms with Gasteiger partial charge in [0.25, 0.3) is 0 Å². The zero-order valence-electron chi connectivity index (χ0n) is 33.7. The maximum absolute atomic E-state index is 6.49. The number of fused-ring (bicyclic) bond motifs is 8. The molecular weight excluding hydrogens is 793 g/mol. The molecule has 0 aliphatic rings. The molecule has 0 unspecified atom stereocenters. The minimum absolute atomic E-state index is 0.485. The third kappa shape index (κ3) is 5.74. The van der Waals surface area contributed by atoms with Crippen molar-refractivity contribution < 1.29 is 8.83 Å². The number of oxazole rings is 1. The molecule has 13 aromatic rings. The largest absolute Gasteiger partial charge is 0.456 e. The van der Waals surface area contributed by atoms with Crippen LogP contribution in [0, 0.1) is 0 Å². The van der Waals surface area contributed by atoms with Crippen molar-refractivity contribution in [3.8, 4) is 67.9 Å². The fourth-order valence-corrected chi connectivity index (χ4v) is 8.90. The molecule has 0 aliphatic heterocycles. The molecule has 10 nitrogen and oxygen atoms in total. The Hall–Kier alpha value is -9.02. The van der Waals surface area contributed by atoms with Crippen LogP contribution in [-0.2, 0) is 0 Å². The monoisotopic (exact) mass is 822 g/mol. The van der Waals surface area contributed by atoms with Crippen molar-refractivity contribution in [3.63, 3.8) is 0 Å². The maximum Gasteiger partial charge on any atom is 0.227 e. The number of nitrogens with zero attached hydrogens (tertiary/aromatic N) is 8. The van der Waals surface area contributed by atoms with Gasteiger partial charge in [-0.25, -0.2) is 19.9 Å². The molecule has 10 heteroatoms. The smallest absolute Gasteiger partial charge is 0.227 e. The van der Waals surface area contributed by atoms with E-state index in [2.05, 4.69) is 92.7 Å². The molecule has 8 aromatic carbocycles. The van der Waals surface area contributed by atoms with Gasteiger partial charge in [0, 0.05) is 52.4 Å². The molecule has 5 heterocycles. The summed E-state index contributed by atoms with van der Waals surface area (Å²) in [7, 11) is 0. The molecule has 0 saturated carbocycles. The van der Waals surface area contributed by atoms with Gasteiger partial charge in [0.15, 0.2) is 23.1 Å². The van der Waals surface area contributed by atoms with Crippen molar-refractivity contribution in [1.82, 2.24) is 39.9 Å². The number of hydrogen-bond donors (Lipinski definition) is 0. The highest BCUT2D eigenvalue weighted by Crippen LogP contribution is 2.44. The molecular formula is C54H30N8O2. The van der Waals surface area contributed by atoms with E-state index in [4.69, 9.17) is 28.8 Å². The summed E-state index contributed by atoms with van der Waals surface area (Å²) in [5.41, 5.74) is 13.5. The molecule has 0 atom stereocenters. The van der Waals surface area contributed by atoms with Gasteiger partial charge in [-0.05, 0) is 87.6 Å². The molecule has 0 spiro atoms. The normalized spacial score (nSPS) is 11.8. The van der Waals surface area contributed by atoms with Crippen LogP contribution in [0.4, 0.5) is 0 Å². The van der Waals surface area contributed by atoms with Gasteiger partial charge in [-0.3, -0.25) is 19.9 Å². The zero-order chi connectivity index (χ0) is 42.1. The Morgan fingerprint density at radius 1 is 0.297 bits per heavy atom. The summed E-state index contributed by atoms with van der Waals surface area (Å²) in [6.07, 6.45) is 6.73. The van der Waals surface area contributed by atoms with Gasteiger partial charge in [0.1, 0.15) is 16.7 Å². The van der Waals surface area contributed by atoms with Crippen LogP contribution in [0.1, 0.15) is 0 Å². The van der Waals surface area contributed by atoms with E-state index in [0.29, 0.717) is 40.0 Å². The van der Waals surface area contributed by atoms with Crippen LogP contribution in [0.3, 0.4) is 0 Å². The van der Waals surface area contributed by atoms with Crippen LogP contribution in [0.2, 0.25) is 0 Å². The van der Waals surface area contributed by atoms with Crippen LogP contribution >= 0.6 is 0 Å². The third-order valence-electron chi connectivity index (χ3n) is 11.8. The molecule has 0 saturated heterocycles. The van der Waals surface area contributed by atoms with E-state index < -0.39 is 0 Å². The second kappa shape index (κ2) is 14.3. The summed E-state index contributed by atoms with van der Waals surface area (Å²) >= 11 is 0. The van der Waals surface area contributed by atoms with E-state index in [1.807, 2.05) is 84.9 Å². The molecule has 298 valence electrons. The first kappa shape index (κ1) is 35.7. The minimum Gasteiger partial charge on any atom is -0.456 e. The fraction of sp³-hybridized carbons (Fsp3) is 0. The molecule has 0 radical (unpaired) electrons. The van der Waals surface area contributed by atoms with Crippen LogP contribution in [0.15, 0.2) is 191 Å². The van der Waals surface area contributed by atoms with Crippen LogP contribution in [0.5, 0.6) is 0 Å². The predicted molar refractivity (Wildman–Crippen MR) is 251 cm³/mol. The minimum atomic E-state index is 0.485. The zero-order valence-corrected chi connectivity index (χ0v) is 33.7. The summed E-state index contributed by atoms with van der Waals surface area (Å²) < 4.78 is 12.8. The Morgan fingerprint density at radius 2 is 0.859 bits per heavy atom. The second-order valence-corrected chi connectivity index (χ2v) is 15.5. The van der Waals surface area contributed by atoms with E-state index in [9.17, 15) is 0 Å². The van der Waals surface area contributed by atoms with Crippen molar-refractivity contribution in [2.75, 3.05) is 0 Å². The van der Waals surface area contributed by atoms with Crippen molar-refractivity contribution in [2.24, 2.45) is 0 Å². The van der Waals surface area contributed by atoms with Crippen molar-refractivity contribution in [1.29, 1.82) is 0 Å². The number of benzene rings is 8. The molecule has 0 bridgehead atoms. The highest BCUT2D eigenvalue weighted by atomic mass is 16.4. The Balaban J connectivity index is 0.934. The maximum atomic E-state index is 6.49. The van der Waals surface area contributed by atoms with E-state index in [1.54, 1.807) is 24.8 Å².